The molecule has 2 atom stereocenters. The Kier molecular flexibility index (Phi) is 4.81. The van der Waals surface area contributed by atoms with Crippen LogP contribution in [0.3, 0.4) is 0 Å². The van der Waals surface area contributed by atoms with Gasteiger partial charge in [-0.1, -0.05) is 61.0 Å². The summed E-state index contributed by atoms with van der Waals surface area (Å²) >= 11 is 6.03. The van der Waals surface area contributed by atoms with E-state index in [-0.39, 0.29) is 18.0 Å². The third-order valence-electron chi connectivity index (χ3n) is 4.72. The number of hydrogen-bond acceptors (Lipinski definition) is 4. The van der Waals surface area contributed by atoms with Gasteiger partial charge in [0.25, 0.3) is 5.95 Å². The fraction of sp³-hybridized carbons (Fsp3) is 0.250. The number of fused-ring (bicyclic) bond motifs is 1. The van der Waals surface area contributed by atoms with Gasteiger partial charge in [0.1, 0.15) is 0 Å². The molecule has 0 saturated carbocycles. The Labute approximate surface area is 162 Å². The van der Waals surface area contributed by atoms with Crippen molar-refractivity contribution in [1.82, 2.24) is 14.8 Å². The number of carbonyl (C=O) groups excluding carboxylic acids is 1. The van der Waals surface area contributed by atoms with Crippen molar-refractivity contribution in [3.63, 3.8) is 0 Å². The smallest absolute Gasteiger partial charge is 0.250 e. The standard InChI is InChI=1S/C20H20ClN5O/c1-2-18(27)23-19-24-20-22-16(13-8-10-15(21)11-9-13)12-17(26(20)25-19)14-6-4-3-5-7-14/h3-11,16-17H,2,12H2,1H3,(H2,22,23,24,25,27)/t16-,17+/m1/s1. The lowest BCUT2D eigenvalue weighted by Gasteiger charge is -2.31. The number of amides is 1. The molecule has 27 heavy (non-hydrogen) atoms. The molecule has 2 N–H and O–H groups in total. The lowest BCUT2D eigenvalue weighted by atomic mass is 9.93. The lowest BCUT2D eigenvalue weighted by molar-refractivity contribution is -0.115. The Morgan fingerprint density at radius 1 is 1.19 bits per heavy atom. The summed E-state index contributed by atoms with van der Waals surface area (Å²) in [6, 6.07) is 18.1. The maximum atomic E-state index is 11.7. The highest BCUT2D eigenvalue weighted by Gasteiger charge is 2.31. The average Bonchev–Trinajstić information content (AvgIpc) is 3.10. The van der Waals surface area contributed by atoms with E-state index < -0.39 is 0 Å². The fourth-order valence-corrected chi connectivity index (χ4v) is 3.44. The van der Waals surface area contributed by atoms with E-state index in [1.54, 1.807) is 6.92 Å². The van der Waals surface area contributed by atoms with Crippen LogP contribution in [0.5, 0.6) is 0 Å². The van der Waals surface area contributed by atoms with Gasteiger partial charge >= 0.3 is 0 Å². The monoisotopic (exact) mass is 381 g/mol. The number of carbonyl (C=O) groups is 1. The lowest BCUT2D eigenvalue weighted by Crippen LogP contribution is -2.28. The zero-order valence-electron chi connectivity index (χ0n) is 14.9. The molecule has 2 aromatic carbocycles. The molecule has 1 aromatic heterocycles. The van der Waals surface area contributed by atoms with Crippen molar-refractivity contribution in [1.29, 1.82) is 0 Å². The minimum Gasteiger partial charge on any atom is -0.347 e. The molecule has 0 spiro atoms. The van der Waals surface area contributed by atoms with Gasteiger partial charge in [0, 0.05) is 11.4 Å². The Bertz CT molecular complexity index is 939. The predicted molar refractivity (Wildman–Crippen MR) is 106 cm³/mol. The van der Waals surface area contributed by atoms with Gasteiger partial charge in [-0.15, -0.1) is 5.10 Å². The zero-order chi connectivity index (χ0) is 18.8. The first-order valence-corrected chi connectivity index (χ1v) is 9.35. The van der Waals surface area contributed by atoms with Crippen LogP contribution in [-0.4, -0.2) is 20.7 Å². The molecule has 1 amide bonds. The maximum Gasteiger partial charge on any atom is 0.250 e. The van der Waals surface area contributed by atoms with Gasteiger partial charge in [-0.3, -0.25) is 10.1 Å². The van der Waals surface area contributed by atoms with E-state index in [9.17, 15) is 4.79 Å². The van der Waals surface area contributed by atoms with E-state index >= 15 is 0 Å². The minimum absolute atomic E-state index is 0.0166. The number of hydrogen-bond donors (Lipinski definition) is 2. The van der Waals surface area contributed by atoms with E-state index in [1.807, 2.05) is 47.1 Å². The molecular formula is C20H20ClN5O. The number of halogens is 1. The molecule has 0 saturated heterocycles. The summed E-state index contributed by atoms with van der Waals surface area (Å²) in [7, 11) is 0. The second-order valence-corrected chi connectivity index (χ2v) is 6.95. The van der Waals surface area contributed by atoms with Crippen molar-refractivity contribution < 1.29 is 4.79 Å². The highest BCUT2D eigenvalue weighted by atomic mass is 35.5. The normalized spacial score (nSPS) is 18.4. The maximum absolute atomic E-state index is 11.7. The highest BCUT2D eigenvalue weighted by Crippen LogP contribution is 2.38. The van der Waals surface area contributed by atoms with Crippen LogP contribution in [0.4, 0.5) is 11.9 Å². The van der Waals surface area contributed by atoms with Crippen LogP contribution in [0, 0.1) is 0 Å². The molecule has 0 bridgehead atoms. The summed E-state index contributed by atoms with van der Waals surface area (Å²) < 4.78 is 1.85. The minimum atomic E-state index is -0.108. The first-order chi connectivity index (χ1) is 13.1. The summed E-state index contributed by atoms with van der Waals surface area (Å²) in [5.74, 6) is 0.854. The second kappa shape index (κ2) is 7.40. The summed E-state index contributed by atoms with van der Waals surface area (Å²) in [4.78, 5) is 16.2. The van der Waals surface area contributed by atoms with Crippen molar-refractivity contribution >= 4 is 29.4 Å². The number of aromatic nitrogens is 3. The molecule has 1 aliphatic heterocycles. The van der Waals surface area contributed by atoms with Crippen molar-refractivity contribution in [3.05, 3.63) is 70.7 Å². The van der Waals surface area contributed by atoms with Gasteiger partial charge < -0.3 is 5.32 Å². The highest BCUT2D eigenvalue weighted by molar-refractivity contribution is 6.30. The van der Waals surface area contributed by atoms with E-state index in [1.165, 1.54) is 0 Å². The number of rotatable bonds is 4. The first kappa shape index (κ1) is 17.5. The molecular weight excluding hydrogens is 362 g/mol. The van der Waals surface area contributed by atoms with Gasteiger partial charge in [0.15, 0.2) is 0 Å². The van der Waals surface area contributed by atoms with Gasteiger partial charge in [-0.05, 0) is 29.7 Å². The number of benzene rings is 2. The summed E-state index contributed by atoms with van der Waals surface area (Å²) in [5, 5.41) is 11.4. The van der Waals surface area contributed by atoms with Crippen LogP contribution >= 0.6 is 11.6 Å². The van der Waals surface area contributed by atoms with Crippen molar-refractivity contribution in [3.8, 4) is 0 Å². The SMILES string of the molecule is CCC(=O)Nc1nc2n(n1)[C@H](c1ccccc1)C[C@H](c1ccc(Cl)cc1)N2. The Morgan fingerprint density at radius 2 is 1.93 bits per heavy atom. The Morgan fingerprint density at radius 3 is 2.63 bits per heavy atom. The van der Waals surface area contributed by atoms with Gasteiger partial charge in [-0.2, -0.15) is 4.98 Å². The largest absolute Gasteiger partial charge is 0.347 e. The first-order valence-electron chi connectivity index (χ1n) is 8.97. The van der Waals surface area contributed by atoms with Gasteiger partial charge in [0.05, 0.1) is 12.1 Å². The summed E-state index contributed by atoms with van der Waals surface area (Å²) in [6.45, 7) is 1.80. The topological polar surface area (TPSA) is 71.8 Å². The van der Waals surface area contributed by atoms with Crippen LogP contribution in [0.25, 0.3) is 0 Å². The van der Waals surface area contributed by atoms with E-state index in [0.717, 1.165) is 17.5 Å². The fourth-order valence-electron chi connectivity index (χ4n) is 3.31. The van der Waals surface area contributed by atoms with Gasteiger partial charge in [0.2, 0.25) is 11.9 Å². The van der Waals surface area contributed by atoms with Crippen LogP contribution < -0.4 is 10.6 Å². The van der Waals surface area contributed by atoms with E-state index in [2.05, 4.69) is 32.8 Å². The molecule has 1 aliphatic rings. The van der Waals surface area contributed by atoms with Crippen LogP contribution in [-0.2, 0) is 4.79 Å². The molecule has 138 valence electrons. The predicted octanol–water partition coefficient (Wildman–Crippen LogP) is 4.43. The molecule has 7 heteroatoms. The molecule has 0 fully saturated rings. The third-order valence-corrected chi connectivity index (χ3v) is 4.97. The van der Waals surface area contributed by atoms with Crippen LogP contribution in [0.1, 0.15) is 43.0 Å². The Balaban J connectivity index is 1.71. The van der Waals surface area contributed by atoms with Crippen molar-refractivity contribution in [2.45, 2.75) is 31.8 Å². The number of nitrogens with zero attached hydrogens (tertiary/aromatic N) is 3. The Hall–Kier alpha value is -2.86. The summed E-state index contributed by atoms with van der Waals surface area (Å²) in [6.07, 6.45) is 1.19. The molecule has 0 unspecified atom stereocenters. The molecule has 2 heterocycles. The number of anilines is 2. The van der Waals surface area contributed by atoms with Gasteiger partial charge in [-0.25, -0.2) is 4.68 Å². The molecule has 3 aromatic rings. The average molecular weight is 382 g/mol. The van der Waals surface area contributed by atoms with Crippen LogP contribution in [0.2, 0.25) is 5.02 Å². The van der Waals surface area contributed by atoms with E-state index in [0.29, 0.717) is 23.3 Å². The van der Waals surface area contributed by atoms with Crippen LogP contribution in [0.15, 0.2) is 54.6 Å². The zero-order valence-corrected chi connectivity index (χ0v) is 15.6. The second-order valence-electron chi connectivity index (χ2n) is 6.52. The van der Waals surface area contributed by atoms with Crippen molar-refractivity contribution in [2.75, 3.05) is 10.6 Å². The quantitative estimate of drug-likeness (QED) is 0.701. The molecule has 0 radical (unpaired) electrons. The molecule has 4 rings (SSSR count). The number of nitrogens with one attached hydrogen (secondary N) is 2. The summed E-state index contributed by atoms with van der Waals surface area (Å²) in [5.41, 5.74) is 2.28. The van der Waals surface area contributed by atoms with E-state index in [4.69, 9.17) is 11.6 Å². The molecule has 0 aliphatic carbocycles. The molecule has 6 nitrogen and oxygen atoms in total. The third kappa shape index (κ3) is 3.66. The van der Waals surface area contributed by atoms with Crippen molar-refractivity contribution in [2.24, 2.45) is 0 Å².